The molecule has 0 aliphatic rings. The van der Waals surface area contributed by atoms with Crippen molar-refractivity contribution in [1.29, 1.82) is 0 Å². The Morgan fingerprint density at radius 2 is 1.30 bits per heavy atom. The zero-order valence-electron chi connectivity index (χ0n) is 6.93. The first-order valence-corrected chi connectivity index (χ1v) is 3.49. The molecule has 0 saturated heterocycles. The molecule has 0 amide bonds. The van der Waals surface area contributed by atoms with Crippen molar-refractivity contribution in [3.05, 3.63) is 12.2 Å². The fraction of sp³-hybridized carbons (Fsp3) is 0.750. The second-order valence-electron chi connectivity index (χ2n) is 2.36. The van der Waals surface area contributed by atoms with E-state index in [1.807, 2.05) is 13.8 Å². The van der Waals surface area contributed by atoms with Crippen LogP contribution in [0.3, 0.4) is 0 Å². The van der Waals surface area contributed by atoms with Gasteiger partial charge in [0.05, 0.1) is 0 Å². The second-order valence-corrected chi connectivity index (χ2v) is 2.36. The Labute approximate surface area is 63.2 Å². The summed E-state index contributed by atoms with van der Waals surface area (Å²) < 4.78 is 0. The van der Waals surface area contributed by atoms with E-state index < -0.39 is 0 Å². The summed E-state index contributed by atoms with van der Waals surface area (Å²) in [5, 5.41) is 16.2. The van der Waals surface area contributed by atoms with Crippen molar-refractivity contribution in [3.8, 4) is 0 Å². The van der Waals surface area contributed by atoms with Gasteiger partial charge in [0.25, 0.3) is 0 Å². The number of aliphatic hydroxyl groups excluding tert-OH is 2. The first-order valence-electron chi connectivity index (χ1n) is 3.49. The van der Waals surface area contributed by atoms with E-state index in [-0.39, 0.29) is 13.2 Å². The van der Waals surface area contributed by atoms with Crippen LogP contribution in [0.5, 0.6) is 0 Å². The Balaban J connectivity index is 0. The Morgan fingerprint density at radius 1 is 1.10 bits per heavy atom. The molecule has 0 aromatic heterocycles. The second kappa shape index (κ2) is 11.5. The summed E-state index contributed by atoms with van der Waals surface area (Å²) in [6.07, 6.45) is 1.44. The van der Waals surface area contributed by atoms with E-state index in [0.29, 0.717) is 0 Å². The fourth-order valence-corrected chi connectivity index (χ4v) is 0.224. The third-order valence-corrected chi connectivity index (χ3v) is 0.566. The zero-order chi connectivity index (χ0) is 8.41. The largest absolute Gasteiger partial charge is 0.396 e. The summed E-state index contributed by atoms with van der Waals surface area (Å²) in [5.74, 6) is 0. The predicted molar refractivity (Wildman–Crippen MR) is 43.9 cm³/mol. The third kappa shape index (κ3) is 48.0. The van der Waals surface area contributed by atoms with E-state index in [1.165, 1.54) is 5.57 Å². The third-order valence-electron chi connectivity index (χ3n) is 0.566. The molecule has 0 bridgehead atoms. The predicted octanol–water partition coefficient (Wildman–Crippen LogP) is 1.33. The number of rotatable bonds is 3. The van der Waals surface area contributed by atoms with Gasteiger partial charge in [0.1, 0.15) is 0 Å². The van der Waals surface area contributed by atoms with Gasteiger partial charge >= 0.3 is 0 Å². The van der Waals surface area contributed by atoms with Crippen molar-refractivity contribution in [2.24, 2.45) is 0 Å². The number of allylic oxidation sites excluding steroid dienone is 1. The van der Waals surface area contributed by atoms with Crippen LogP contribution in [-0.4, -0.2) is 23.4 Å². The lowest BCUT2D eigenvalue weighted by Gasteiger charge is -1.85. The SMILES string of the molecule is C=C(C)C.OCCCCO. The highest BCUT2D eigenvalue weighted by Gasteiger charge is 1.77. The first kappa shape index (κ1) is 12.3. The maximum Gasteiger partial charge on any atom is 0.0431 e. The van der Waals surface area contributed by atoms with Gasteiger partial charge in [-0.3, -0.25) is 0 Å². The lowest BCUT2D eigenvalue weighted by atomic mass is 10.3. The summed E-state index contributed by atoms with van der Waals surface area (Å²) >= 11 is 0. The van der Waals surface area contributed by atoms with E-state index in [2.05, 4.69) is 6.58 Å². The van der Waals surface area contributed by atoms with Crippen LogP contribution >= 0.6 is 0 Å². The van der Waals surface area contributed by atoms with Gasteiger partial charge in [-0.05, 0) is 26.7 Å². The molecule has 0 unspecified atom stereocenters. The van der Waals surface area contributed by atoms with Crippen LogP contribution in [0, 0.1) is 0 Å². The molecule has 10 heavy (non-hydrogen) atoms. The monoisotopic (exact) mass is 146 g/mol. The molecule has 0 saturated carbocycles. The number of hydrogen-bond donors (Lipinski definition) is 2. The fourth-order valence-electron chi connectivity index (χ4n) is 0.224. The van der Waals surface area contributed by atoms with Gasteiger partial charge in [-0.2, -0.15) is 0 Å². The molecule has 2 heteroatoms. The number of hydrogen-bond acceptors (Lipinski definition) is 2. The van der Waals surface area contributed by atoms with Gasteiger partial charge < -0.3 is 10.2 Å². The molecule has 2 N–H and O–H groups in total. The normalized spacial score (nSPS) is 8.00. The molecule has 0 aromatic carbocycles. The average molecular weight is 146 g/mol. The minimum absolute atomic E-state index is 0.195. The van der Waals surface area contributed by atoms with Crippen LogP contribution in [0.15, 0.2) is 12.2 Å². The van der Waals surface area contributed by atoms with Gasteiger partial charge in [-0.1, -0.05) is 5.57 Å². The molecule has 2 nitrogen and oxygen atoms in total. The maximum atomic E-state index is 8.09. The smallest absolute Gasteiger partial charge is 0.0431 e. The summed E-state index contributed by atoms with van der Waals surface area (Å²) in [6, 6.07) is 0. The average Bonchev–Trinajstić information content (AvgIpc) is 1.82. The van der Waals surface area contributed by atoms with Gasteiger partial charge in [-0.25, -0.2) is 0 Å². The molecular weight excluding hydrogens is 128 g/mol. The lowest BCUT2D eigenvalue weighted by molar-refractivity contribution is 0.242. The first-order chi connectivity index (χ1) is 4.65. The number of aliphatic hydroxyl groups is 2. The number of unbranched alkanes of at least 4 members (excludes halogenated alkanes) is 1. The minimum Gasteiger partial charge on any atom is -0.396 e. The van der Waals surface area contributed by atoms with E-state index in [9.17, 15) is 0 Å². The molecule has 0 aromatic rings. The highest BCUT2D eigenvalue weighted by Crippen LogP contribution is 1.80. The molecule has 0 spiro atoms. The van der Waals surface area contributed by atoms with Crippen molar-refractivity contribution < 1.29 is 10.2 Å². The summed E-state index contributed by atoms with van der Waals surface area (Å²) in [6.45, 7) is 7.89. The van der Waals surface area contributed by atoms with Crippen molar-refractivity contribution in [3.63, 3.8) is 0 Å². The van der Waals surface area contributed by atoms with Crippen molar-refractivity contribution in [2.45, 2.75) is 26.7 Å². The van der Waals surface area contributed by atoms with Crippen LogP contribution in [0.2, 0.25) is 0 Å². The molecule has 0 rings (SSSR count). The standard InChI is InChI=1S/C4H10O2.C4H8/c5-3-1-2-4-6;1-4(2)3/h5-6H,1-4H2;1H2,2-3H3. The molecular formula is C8H18O2. The molecule has 62 valence electrons. The van der Waals surface area contributed by atoms with Crippen LogP contribution in [0.4, 0.5) is 0 Å². The Morgan fingerprint density at radius 3 is 1.40 bits per heavy atom. The Kier molecular flexibility index (Phi) is 14.1. The summed E-state index contributed by atoms with van der Waals surface area (Å²) in [5.41, 5.74) is 1.17. The summed E-state index contributed by atoms with van der Waals surface area (Å²) in [7, 11) is 0. The molecule has 0 aliphatic heterocycles. The zero-order valence-corrected chi connectivity index (χ0v) is 6.93. The highest BCUT2D eigenvalue weighted by molar-refractivity contribution is 4.78. The van der Waals surface area contributed by atoms with Gasteiger partial charge in [0.15, 0.2) is 0 Å². The van der Waals surface area contributed by atoms with Crippen molar-refractivity contribution >= 4 is 0 Å². The van der Waals surface area contributed by atoms with Gasteiger partial charge in [0.2, 0.25) is 0 Å². The van der Waals surface area contributed by atoms with Gasteiger partial charge in [0, 0.05) is 13.2 Å². The lowest BCUT2D eigenvalue weighted by Crippen LogP contribution is -1.85. The Bertz CT molecular complexity index is 61.7. The van der Waals surface area contributed by atoms with Crippen molar-refractivity contribution in [2.75, 3.05) is 13.2 Å². The topological polar surface area (TPSA) is 40.5 Å². The molecule has 0 heterocycles. The molecule has 0 radical (unpaired) electrons. The van der Waals surface area contributed by atoms with Crippen LogP contribution < -0.4 is 0 Å². The molecule has 0 fully saturated rings. The van der Waals surface area contributed by atoms with Crippen LogP contribution in [0.25, 0.3) is 0 Å². The van der Waals surface area contributed by atoms with Gasteiger partial charge in [-0.15, -0.1) is 6.58 Å². The summed E-state index contributed by atoms with van der Waals surface area (Å²) in [4.78, 5) is 0. The molecule has 0 aliphatic carbocycles. The van der Waals surface area contributed by atoms with E-state index in [1.54, 1.807) is 0 Å². The maximum absolute atomic E-state index is 8.09. The van der Waals surface area contributed by atoms with E-state index >= 15 is 0 Å². The highest BCUT2D eigenvalue weighted by atomic mass is 16.3. The quantitative estimate of drug-likeness (QED) is 0.466. The minimum atomic E-state index is 0.195. The molecule has 0 atom stereocenters. The van der Waals surface area contributed by atoms with E-state index in [0.717, 1.165) is 12.8 Å². The Hall–Kier alpha value is -0.340. The van der Waals surface area contributed by atoms with Crippen LogP contribution in [0.1, 0.15) is 26.7 Å². The van der Waals surface area contributed by atoms with Crippen LogP contribution in [-0.2, 0) is 0 Å². The van der Waals surface area contributed by atoms with Crippen molar-refractivity contribution in [1.82, 2.24) is 0 Å². The van der Waals surface area contributed by atoms with E-state index in [4.69, 9.17) is 10.2 Å².